The Labute approximate surface area is 268 Å². The Morgan fingerprint density at radius 2 is 1.54 bits per heavy atom. The molecule has 0 aliphatic heterocycles. The third-order valence-corrected chi connectivity index (χ3v) is 9.09. The number of aliphatic hydroxyl groups excluding tert-OH is 2. The molecule has 3 aliphatic rings. The number of allylic oxidation sites excluding steroid dienone is 1. The van der Waals surface area contributed by atoms with E-state index in [1.54, 1.807) is 0 Å². The summed E-state index contributed by atoms with van der Waals surface area (Å²) in [6.45, 7) is 0. The van der Waals surface area contributed by atoms with E-state index < -0.39 is 128 Å². The average molecular weight is 681 g/mol. The van der Waals surface area contributed by atoms with Crippen molar-refractivity contribution in [2.24, 2.45) is 17.6 Å². The maximum Gasteiger partial charge on any atom is 0.255 e. The van der Waals surface area contributed by atoms with Gasteiger partial charge in [-0.3, -0.25) is 24.1 Å². The van der Waals surface area contributed by atoms with Gasteiger partial charge in [0.15, 0.2) is 40.4 Å². The first-order chi connectivity index (χ1) is 22.3. The number of Topliss-reactive ketones (excluding diaryl/α,β-unsaturated/α-hetero) is 2. The molecule has 256 valence electrons. The van der Waals surface area contributed by atoms with E-state index in [1.807, 2.05) is 0 Å². The molecule has 7 N–H and O–H groups in total. The van der Waals surface area contributed by atoms with Crippen molar-refractivity contribution in [1.82, 2.24) is 4.90 Å². The number of carbonyl (C=O) groups is 4. The fourth-order valence-corrected chi connectivity index (χ4v) is 6.95. The van der Waals surface area contributed by atoms with E-state index in [9.17, 15) is 61.6 Å². The van der Waals surface area contributed by atoms with Crippen LogP contribution >= 0.6 is 0 Å². The summed E-state index contributed by atoms with van der Waals surface area (Å²) in [4.78, 5) is 55.4. The highest BCUT2D eigenvalue weighted by atomic mass is 19.2. The summed E-state index contributed by atoms with van der Waals surface area (Å²) in [6, 6.07) is -0.000966. The number of fused-ring (bicyclic) bond motifs is 3. The minimum absolute atomic E-state index is 0.0889. The van der Waals surface area contributed by atoms with Gasteiger partial charge in [-0.25, -0.2) is 22.0 Å². The number of hydrogen-bond donors (Lipinski definition) is 6. The molecule has 2 amide bonds. The van der Waals surface area contributed by atoms with Gasteiger partial charge in [0.2, 0.25) is 17.5 Å². The van der Waals surface area contributed by atoms with E-state index in [-0.39, 0.29) is 24.1 Å². The van der Waals surface area contributed by atoms with Crippen LogP contribution in [0.3, 0.4) is 0 Å². The Morgan fingerprint density at radius 3 is 2.06 bits per heavy atom. The van der Waals surface area contributed by atoms with Crippen LogP contribution in [0.25, 0.3) is 0 Å². The number of nitrogens with one attached hydrogen (secondary N) is 1. The summed E-state index contributed by atoms with van der Waals surface area (Å²) in [5, 5.41) is 47.4. The minimum atomic E-state index is -2.90. The number of aliphatic hydroxyl groups is 3. The van der Waals surface area contributed by atoms with Gasteiger partial charge in [0.1, 0.15) is 17.1 Å². The molecule has 2 aromatic carbocycles. The maximum atomic E-state index is 14.2. The summed E-state index contributed by atoms with van der Waals surface area (Å²) >= 11 is 0. The second kappa shape index (κ2) is 11.6. The van der Waals surface area contributed by atoms with E-state index in [0.29, 0.717) is 0 Å². The second-order valence-corrected chi connectivity index (χ2v) is 12.3. The van der Waals surface area contributed by atoms with Crippen LogP contribution in [-0.2, 0) is 27.2 Å². The van der Waals surface area contributed by atoms with E-state index in [0.717, 1.165) is 0 Å². The SMILES string of the molecule is CN(C)c1cc(NC(=O)Cc2c(F)c(F)c(F)c(F)c2F)c(O)c2c1CC1CC3[C@H](N(C)C)C(O)=C(C(N)=O)C(=O)[C@@]3(O)C(O)=C1C2=O. The third kappa shape index (κ3) is 4.78. The van der Waals surface area contributed by atoms with Gasteiger partial charge in [0.25, 0.3) is 5.91 Å². The fourth-order valence-electron chi connectivity index (χ4n) is 6.95. The predicted molar refractivity (Wildman–Crippen MR) is 157 cm³/mol. The number of carbonyl (C=O) groups excluding carboxylic acids is 4. The molecule has 3 aliphatic carbocycles. The zero-order valence-electron chi connectivity index (χ0n) is 25.7. The Balaban J connectivity index is 1.62. The number of amides is 2. The number of rotatable bonds is 6. The van der Waals surface area contributed by atoms with Gasteiger partial charge in [-0.15, -0.1) is 0 Å². The highest BCUT2D eigenvalue weighted by Crippen LogP contribution is 2.54. The molecule has 17 heteroatoms. The zero-order chi connectivity index (χ0) is 35.9. The molecular weight excluding hydrogens is 651 g/mol. The molecule has 0 fully saturated rings. The molecule has 48 heavy (non-hydrogen) atoms. The van der Waals surface area contributed by atoms with Crippen molar-refractivity contribution in [3.63, 3.8) is 0 Å². The number of halogens is 5. The lowest BCUT2D eigenvalue weighted by atomic mass is 9.58. The lowest BCUT2D eigenvalue weighted by molar-refractivity contribution is -0.148. The highest BCUT2D eigenvalue weighted by Gasteiger charge is 2.63. The second-order valence-electron chi connectivity index (χ2n) is 12.3. The molecule has 12 nitrogen and oxygen atoms in total. The number of likely N-dealkylation sites (N-methyl/N-ethyl adjacent to an activating group) is 1. The molecule has 4 atom stereocenters. The molecule has 0 radical (unpaired) electrons. The summed E-state index contributed by atoms with van der Waals surface area (Å²) in [6.07, 6.45) is -1.64. The standard InChI is InChI=1S/C31H29F5N4O8/c1-39(2)14-8-13(38-15(41)7-11-19(32)21(34)23(36)22(35)20(11)33)25(42)17-10(14)5-9-6-12-24(40(3)4)27(44)18(30(37)47)29(46)31(12,48)28(45)16(9)26(17)43/h8-9,12,24,42,44-45,48H,5-7H2,1-4H3,(H2,37,47)(H,38,41)/t9?,12?,24-,31-/m0/s1. The molecule has 2 unspecified atom stereocenters. The number of primary amides is 1. The number of phenols is 1. The van der Waals surface area contributed by atoms with Crippen LogP contribution in [0.4, 0.5) is 33.3 Å². The summed E-state index contributed by atoms with van der Waals surface area (Å²) in [5.74, 6) is -21.6. The molecule has 0 spiro atoms. The molecule has 0 saturated carbocycles. The topological polar surface area (TPSA) is 194 Å². The summed E-state index contributed by atoms with van der Waals surface area (Å²) in [7, 11) is 6.04. The molecule has 2 aromatic rings. The van der Waals surface area contributed by atoms with Crippen LogP contribution < -0.4 is 16.0 Å². The van der Waals surface area contributed by atoms with E-state index in [4.69, 9.17) is 5.73 Å². The molecule has 0 saturated heterocycles. The first kappa shape index (κ1) is 34.3. The Kier molecular flexibility index (Phi) is 8.28. The quantitative estimate of drug-likeness (QED) is 0.0865. The van der Waals surface area contributed by atoms with Crippen LogP contribution in [0.5, 0.6) is 5.75 Å². The lowest BCUT2D eigenvalue weighted by Crippen LogP contribution is -2.63. The molecular formula is C31H29F5N4O8. The van der Waals surface area contributed by atoms with Gasteiger partial charge in [0, 0.05) is 36.8 Å². The number of anilines is 2. The van der Waals surface area contributed by atoms with Crippen LogP contribution in [0.2, 0.25) is 0 Å². The van der Waals surface area contributed by atoms with Crippen molar-refractivity contribution in [1.29, 1.82) is 0 Å². The number of phenolic OH excluding ortho intramolecular Hbond substituents is 1. The number of nitrogens with zero attached hydrogens (tertiary/aromatic N) is 2. The van der Waals surface area contributed by atoms with Crippen LogP contribution in [0, 0.1) is 40.9 Å². The van der Waals surface area contributed by atoms with Gasteiger partial charge < -0.3 is 36.4 Å². The van der Waals surface area contributed by atoms with Crippen molar-refractivity contribution in [3.05, 3.63) is 74.5 Å². The fraction of sp³-hybridized carbons (Fsp3) is 0.355. The molecule has 5 rings (SSSR count). The minimum Gasteiger partial charge on any atom is -0.510 e. The lowest BCUT2D eigenvalue weighted by Gasteiger charge is -2.50. The maximum absolute atomic E-state index is 14.2. The number of benzene rings is 2. The highest BCUT2D eigenvalue weighted by molar-refractivity contribution is 6.25. The summed E-state index contributed by atoms with van der Waals surface area (Å²) < 4.78 is 69.3. The van der Waals surface area contributed by atoms with E-state index in [1.165, 1.54) is 44.1 Å². The number of hydrogen-bond acceptors (Lipinski definition) is 10. The molecule has 0 aromatic heterocycles. The monoisotopic (exact) mass is 680 g/mol. The first-order valence-corrected chi connectivity index (χ1v) is 14.3. The number of aromatic hydroxyl groups is 1. The van der Waals surface area contributed by atoms with Crippen molar-refractivity contribution < 1.29 is 61.6 Å². The van der Waals surface area contributed by atoms with Gasteiger partial charge >= 0.3 is 0 Å². The molecule has 0 bridgehead atoms. The number of ketones is 2. The van der Waals surface area contributed by atoms with Crippen LogP contribution in [0.15, 0.2) is 28.7 Å². The van der Waals surface area contributed by atoms with Gasteiger partial charge in [-0.05, 0) is 44.5 Å². The Bertz CT molecular complexity index is 1880. The van der Waals surface area contributed by atoms with Gasteiger partial charge in [0.05, 0.1) is 23.7 Å². The van der Waals surface area contributed by atoms with E-state index >= 15 is 0 Å². The average Bonchev–Trinajstić information content (AvgIpc) is 2.99. The van der Waals surface area contributed by atoms with E-state index in [2.05, 4.69) is 5.32 Å². The van der Waals surface area contributed by atoms with Gasteiger partial charge in [-0.1, -0.05) is 0 Å². The van der Waals surface area contributed by atoms with Crippen LogP contribution in [-0.4, -0.2) is 88.5 Å². The van der Waals surface area contributed by atoms with Crippen molar-refractivity contribution >= 4 is 34.8 Å². The van der Waals surface area contributed by atoms with Crippen LogP contribution in [0.1, 0.15) is 27.9 Å². The third-order valence-electron chi connectivity index (χ3n) is 9.09. The van der Waals surface area contributed by atoms with Crippen molar-refractivity contribution in [3.8, 4) is 5.75 Å². The predicted octanol–water partition coefficient (Wildman–Crippen LogP) is 2.06. The zero-order valence-corrected chi connectivity index (χ0v) is 25.7. The van der Waals surface area contributed by atoms with Crippen molar-refractivity contribution in [2.45, 2.75) is 30.9 Å². The summed E-state index contributed by atoms with van der Waals surface area (Å²) in [5.41, 5.74) is -1.07. The molecule has 0 heterocycles. The Hall–Kier alpha value is -5.03. The van der Waals surface area contributed by atoms with Crippen molar-refractivity contribution in [2.75, 3.05) is 38.4 Å². The van der Waals surface area contributed by atoms with Gasteiger partial charge in [-0.2, -0.15) is 0 Å². The number of nitrogens with two attached hydrogens (primary N) is 1. The smallest absolute Gasteiger partial charge is 0.255 e. The first-order valence-electron chi connectivity index (χ1n) is 14.3. The largest absolute Gasteiger partial charge is 0.510 e. The Morgan fingerprint density at radius 1 is 0.979 bits per heavy atom. The normalized spacial score (nSPS) is 23.6.